The smallest absolute Gasteiger partial charge is 0.166 e. The molecule has 0 fully saturated rings. The van der Waals surface area contributed by atoms with Crippen LogP contribution in [0, 0.1) is 0 Å². The van der Waals surface area contributed by atoms with Crippen molar-refractivity contribution in [3.8, 4) is 0 Å². The van der Waals surface area contributed by atoms with Gasteiger partial charge >= 0.3 is 6.18 Å². The maximum absolute atomic E-state index is 12.2. The SMILES string of the molecule is CC1=CC(C)=C(C(F)(F)F)CC1. The highest BCUT2D eigenvalue weighted by molar-refractivity contribution is 5.33. The van der Waals surface area contributed by atoms with Crippen LogP contribution in [0.15, 0.2) is 22.8 Å². The van der Waals surface area contributed by atoms with E-state index in [1.165, 1.54) is 6.92 Å². The number of halogens is 3. The van der Waals surface area contributed by atoms with E-state index in [0.29, 0.717) is 12.0 Å². The highest BCUT2D eigenvalue weighted by Gasteiger charge is 2.35. The number of hydrogen-bond acceptors (Lipinski definition) is 0. The predicted octanol–water partition coefficient (Wildman–Crippen LogP) is 3.61. The lowest BCUT2D eigenvalue weighted by Crippen LogP contribution is -2.15. The van der Waals surface area contributed by atoms with Crippen LogP contribution in [0.1, 0.15) is 26.7 Å². The van der Waals surface area contributed by atoms with Gasteiger partial charge in [0.15, 0.2) is 0 Å². The first kappa shape index (κ1) is 9.36. The standard InChI is InChI=1S/C9H11F3/c1-6-3-4-8(7(2)5-6)9(10,11)12/h5H,3-4H2,1-2H3. The molecule has 12 heavy (non-hydrogen) atoms. The van der Waals surface area contributed by atoms with E-state index in [0.717, 1.165) is 5.57 Å². The maximum atomic E-state index is 12.2. The van der Waals surface area contributed by atoms with E-state index in [4.69, 9.17) is 0 Å². The lowest BCUT2D eigenvalue weighted by Gasteiger charge is -2.18. The van der Waals surface area contributed by atoms with Crippen LogP contribution in [0.3, 0.4) is 0 Å². The molecule has 3 heteroatoms. The van der Waals surface area contributed by atoms with Crippen molar-refractivity contribution >= 4 is 0 Å². The lowest BCUT2D eigenvalue weighted by molar-refractivity contribution is -0.0947. The van der Waals surface area contributed by atoms with Crippen LogP contribution in [0.5, 0.6) is 0 Å². The summed E-state index contributed by atoms with van der Waals surface area (Å²) in [5, 5.41) is 0. The van der Waals surface area contributed by atoms with Gasteiger partial charge in [-0.25, -0.2) is 0 Å². The van der Waals surface area contributed by atoms with Gasteiger partial charge in [0.25, 0.3) is 0 Å². The summed E-state index contributed by atoms with van der Waals surface area (Å²) in [6.07, 6.45) is -1.85. The fourth-order valence-corrected chi connectivity index (χ4v) is 1.41. The van der Waals surface area contributed by atoms with E-state index in [1.807, 2.05) is 6.92 Å². The Hall–Kier alpha value is -0.730. The van der Waals surface area contributed by atoms with Gasteiger partial charge in [0.05, 0.1) is 0 Å². The van der Waals surface area contributed by atoms with Crippen LogP contribution >= 0.6 is 0 Å². The average molecular weight is 176 g/mol. The Balaban J connectivity index is 2.98. The third kappa shape index (κ3) is 1.90. The van der Waals surface area contributed by atoms with Crippen LogP contribution in [-0.4, -0.2) is 6.18 Å². The largest absolute Gasteiger partial charge is 0.412 e. The molecule has 0 aliphatic heterocycles. The molecule has 0 unspecified atom stereocenters. The van der Waals surface area contributed by atoms with E-state index in [9.17, 15) is 13.2 Å². The molecular weight excluding hydrogens is 165 g/mol. The van der Waals surface area contributed by atoms with Crippen molar-refractivity contribution in [2.24, 2.45) is 0 Å². The summed E-state index contributed by atoms with van der Waals surface area (Å²) in [4.78, 5) is 0. The van der Waals surface area contributed by atoms with Gasteiger partial charge in [-0.15, -0.1) is 0 Å². The molecule has 0 heterocycles. The molecule has 1 rings (SSSR count). The third-order valence-electron chi connectivity index (χ3n) is 2.05. The Bertz CT molecular complexity index is 243. The average Bonchev–Trinajstić information content (AvgIpc) is 1.83. The van der Waals surface area contributed by atoms with Crippen molar-refractivity contribution in [3.63, 3.8) is 0 Å². The molecule has 68 valence electrons. The first-order chi connectivity index (χ1) is 5.41. The predicted molar refractivity (Wildman–Crippen MR) is 41.7 cm³/mol. The molecule has 0 N–H and O–H groups in total. The fraction of sp³-hybridized carbons (Fsp3) is 0.556. The van der Waals surface area contributed by atoms with Gasteiger partial charge in [0, 0.05) is 5.57 Å². The van der Waals surface area contributed by atoms with Gasteiger partial charge in [-0.2, -0.15) is 13.2 Å². The molecule has 0 nitrogen and oxygen atoms in total. The van der Waals surface area contributed by atoms with Gasteiger partial charge in [-0.05, 0) is 32.3 Å². The molecule has 0 aromatic heterocycles. The number of rotatable bonds is 0. The zero-order valence-electron chi connectivity index (χ0n) is 7.13. The highest BCUT2D eigenvalue weighted by Crippen LogP contribution is 2.35. The van der Waals surface area contributed by atoms with Crippen molar-refractivity contribution < 1.29 is 13.2 Å². The van der Waals surface area contributed by atoms with Crippen LogP contribution in [-0.2, 0) is 0 Å². The van der Waals surface area contributed by atoms with E-state index in [1.54, 1.807) is 6.08 Å². The molecule has 0 aromatic carbocycles. The van der Waals surface area contributed by atoms with Crippen LogP contribution in [0.4, 0.5) is 13.2 Å². The Kier molecular flexibility index (Phi) is 2.31. The minimum atomic E-state index is -4.14. The summed E-state index contributed by atoms with van der Waals surface area (Å²) in [5.74, 6) is 0. The van der Waals surface area contributed by atoms with Gasteiger partial charge < -0.3 is 0 Å². The summed E-state index contributed by atoms with van der Waals surface area (Å²) >= 11 is 0. The van der Waals surface area contributed by atoms with Gasteiger partial charge in [0.2, 0.25) is 0 Å². The van der Waals surface area contributed by atoms with E-state index in [-0.39, 0.29) is 12.0 Å². The molecule has 0 radical (unpaired) electrons. The summed E-state index contributed by atoms with van der Waals surface area (Å²) in [6.45, 7) is 3.38. The molecular formula is C9H11F3. The monoisotopic (exact) mass is 176 g/mol. The molecule has 0 atom stereocenters. The highest BCUT2D eigenvalue weighted by atomic mass is 19.4. The fourth-order valence-electron chi connectivity index (χ4n) is 1.41. The second kappa shape index (κ2) is 2.96. The summed E-state index contributed by atoms with van der Waals surface area (Å²) in [5.41, 5.74) is 1.03. The second-order valence-electron chi connectivity index (χ2n) is 3.15. The zero-order valence-corrected chi connectivity index (χ0v) is 7.13. The normalized spacial score (nSPS) is 19.6. The molecule has 0 saturated carbocycles. The Morgan fingerprint density at radius 1 is 1.17 bits per heavy atom. The summed E-state index contributed by atoms with van der Waals surface area (Å²) < 4.78 is 36.7. The minimum Gasteiger partial charge on any atom is -0.166 e. The van der Waals surface area contributed by atoms with Crippen LogP contribution < -0.4 is 0 Å². The summed E-state index contributed by atoms with van der Waals surface area (Å²) in [7, 11) is 0. The zero-order chi connectivity index (χ0) is 9.35. The van der Waals surface area contributed by atoms with E-state index in [2.05, 4.69) is 0 Å². The Morgan fingerprint density at radius 2 is 1.75 bits per heavy atom. The molecule has 1 aliphatic carbocycles. The van der Waals surface area contributed by atoms with Crippen molar-refractivity contribution in [2.45, 2.75) is 32.9 Å². The van der Waals surface area contributed by atoms with Crippen molar-refractivity contribution in [1.82, 2.24) is 0 Å². The maximum Gasteiger partial charge on any atom is 0.412 e. The molecule has 0 aromatic rings. The van der Waals surface area contributed by atoms with Gasteiger partial charge in [-0.1, -0.05) is 11.6 Å². The van der Waals surface area contributed by atoms with E-state index >= 15 is 0 Å². The van der Waals surface area contributed by atoms with Gasteiger partial charge in [0.1, 0.15) is 0 Å². The lowest BCUT2D eigenvalue weighted by atomic mass is 9.94. The van der Waals surface area contributed by atoms with Crippen molar-refractivity contribution in [2.75, 3.05) is 0 Å². The van der Waals surface area contributed by atoms with Gasteiger partial charge in [-0.3, -0.25) is 0 Å². The van der Waals surface area contributed by atoms with Crippen LogP contribution in [0.2, 0.25) is 0 Å². The van der Waals surface area contributed by atoms with Crippen LogP contribution in [0.25, 0.3) is 0 Å². The molecule has 0 amide bonds. The van der Waals surface area contributed by atoms with E-state index < -0.39 is 6.18 Å². The minimum absolute atomic E-state index is 0.137. The second-order valence-corrected chi connectivity index (χ2v) is 3.15. The summed E-state index contributed by atoms with van der Waals surface area (Å²) in [6, 6.07) is 0. The first-order valence-electron chi connectivity index (χ1n) is 3.85. The third-order valence-corrected chi connectivity index (χ3v) is 2.05. The Morgan fingerprint density at radius 3 is 2.17 bits per heavy atom. The number of hydrogen-bond donors (Lipinski definition) is 0. The quantitative estimate of drug-likeness (QED) is 0.529. The molecule has 1 aliphatic rings. The first-order valence-corrected chi connectivity index (χ1v) is 3.85. The van der Waals surface area contributed by atoms with Crippen molar-refractivity contribution in [3.05, 3.63) is 22.8 Å². The Labute approximate surface area is 69.8 Å². The number of alkyl halides is 3. The molecule has 0 saturated heterocycles. The topological polar surface area (TPSA) is 0 Å². The van der Waals surface area contributed by atoms with Crippen molar-refractivity contribution in [1.29, 1.82) is 0 Å². The molecule has 0 spiro atoms. The number of allylic oxidation sites excluding steroid dienone is 4. The molecule has 0 bridgehead atoms.